The second kappa shape index (κ2) is 6.63. The van der Waals surface area contributed by atoms with Gasteiger partial charge in [-0.3, -0.25) is 14.7 Å². The summed E-state index contributed by atoms with van der Waals surface area (Å²) in [6, 6.07) is 2.06. The smallest absolute Gasteiger partial charge is 0.333 e. The zero-order valence-corrected chi connectivity index (χ0v) is 15.1. The minimum absolute atomic E-state index is 0.0958. The number of hydrogen-bond acceptors (Lipinski definition) is 6. The Bertz CT molecular complexity index is 1100. The number of halogens is 2. The van der Waals surface area contributed by atoms with Crippen LogP contribution in [0.15, 0.2) is 24.5 Å². The Morgan fingerprint density at radius 3 is 2.68 bits per heavy atom. The van der Waals surface area contributed by atoms with Crippen molar-refractivity contribution < 1.29 is 13.7 Å². The highest BCUT2D eigenvalue weighted by atomic mass is 19.2. The van der Waals surface area contributed by atoms with E-state index >= 15 is 0 Å². The molecule has 0 saturated heterocycles. The third-order valence-electron chi connectivity index (χ3n) is 4.84. The topological polar surface area (TPSA) is 98.8 Å². The van der Waals surface area contributed by atoms with Gasteiger partial charge in [-0.05, 0) is 49.9 Å². The SMILES string of the molecule is Cc1nc(NC2CCc3cc(F)c(F)cc32)nc(-n2ccnc2C)c1[N+](=O)[O-]. The summed E-state index contributed by atoms with van der Waals surface area (Å²) in [5.74, 6) is -0.981. The Hall–Kier alpha value is -3.43. The molecule has 8 nitrogen and oxygen atoms in total. The van der Waals surface area contributed by atoms with Crippen LogP contribution in [0.5, 0.6) is 0 Å². The molecule has 0 saturated carbocycles. The predicted molar refractivity (Wildman–Crippen MR) is 96.3 cm³/mol. The van der Waals surface area contributed by atoms with Gasteiger partial charge in [-0.1, -0.05) is 0 Å². The number of rotatable bonds is 4. The van der Waals surface area contributed by atoms with Gasteiger partial charge in [0.15, 0.2) is 11.6 Å². The number of hydrogen-bond donors (Lipinski definition) is 1. The van der Waals surface area contributed by atoms with Gasteiger partial charge in [-0.2, -0.15) is 4.98 Å². The molecule has 1 aliphatic rings. The molecule has 0 aliphatic heterocycles. The monoisotopic (exact) mass is 386 g/mol. The van der Waals surface area contributed by atoms with Crippen LogP contribution >= 0.6 is 0 Å². The standard InChI is InChI=1S/C18H16F2N6O2/c1-9-16(26(27)28)17(25-6-5-21-10(25)2)24-18(22-9)23-15-4-3-11-7-13(19)14(20)8-12(11)15/h5-8,15H,3-4H2,1-2H3,(H,22,23,24). The average Bonchev–Trinajstić information content (AvgIpc) is 3.21. The number of imidazole rings is 1. The van der Waals surface area contributed by atoms with Gasteiger partial charge >= 0.3 is 5.69 Å². The summed E-state index contributed by atoms with van der Waals surface area (Å²) < 4.78 is 28.6. The molecule has 1 unspecified atom stereocenters. The average molecular weight is 386 g/mol. The van der Waals surface area contributed by atoms with Gasteiger partial charge in [0.2, 0.25) is 11.8 Å². The number of nitrogens with one attached hydrogen (secondary N) is 1. The highest BCUT2D eigenvalue weighted by molar-refractivity contribution is 5.54. The Kier molecular flexibility index (Phi) is 4.25. The van der Waals surface area contributed by atoms with Gasteiger partial charge in [0, 0.05) is 12.4 Å². The summed E-state index contributed by atoms with van der Waals surface area (Å²) in [4.78, 5) is 23.6. The molecular weight excluding hydrogens is 370 g/mol. The Morgan fingerprint density at radius 1 is 1.25 bits per heavy atom. The summed E-state index contributed by atoms with van der Waals surface area (Å²) in [5.41, 5.74) is 1.33. The van der Waals surface area contributed by atoms with E-state index in [9.17, 15) is 18.9 Å². The minimum Gasteiger partial charge on any atom is -0.347 e. The van der Waals surface area contributed by atoms with E-state index in [1.165, 1.54) is 29.8 Å². The van der Waals surface area contributed by atoms with E-state index in [0.717, 1.165) is 5.56 Å². The zero-order valence-electron chi connectivity index (χ0n) is 15.1. The first-order valence-electron chi connectivity index (χ1n) is 8.63. The molecule has 28 heavy (non-hydrogen) atoms. The minimum atomic E-state index is -0.914. The number of nitro groups is 1. The van der Waals surface area contributed by atoms with Crippen LogP contribution in [0, 0.1) is 35.6 Å². The lowest BCUT2D eigenvalue weighted by Gasteiger charge is -2.16. The van der Waals surface area contributed by atoms with Gasteiger partial charge in [-0.15, -0.1) is 0 Å². The van der Waals surface area contributed by atoms with E-state index in [4.69, 9.17) is 0 Å². The predicted octanol–water partition coefficient (Wildman–Crippen LogP) is 3.56. The Labute approximate surface area is 158 Å². The lowest BCUT2D eigenvalue weighted by Crippen LogP contribution is -2.14. The first kappa shape index (κ1) is 18.0. The molecule has 0 bridgehead atoms. The fourth-order valence-corrected chi connectivity index (χ4v) is 3.51. The molecule has 1 atom stereocenters. The van der Waals surface area contributed by atoms with E-state index in [1.807, 2.05) is 0 Å². The van der Waals surface area contributed by atoms with Crippen molar-refractivity contribution in [1.82, 2.24) is 19.5 Å². The molecule has 10 heteroatoms. The third kappa shape index (κ3) is 2.96. The lowest BCUT2D eigenvalue weighted by molar-refractivity contribution is -0.385. The van der Waals surface area contributed by atoms with E-state index in [2.05, 4.69) is 20.3 Å². The zero-order chi connectivity index (χ0) is 20.0. The van der Waals surface area contributed by atoms with Crippen LogP contribution in [0.1, 0.15) is 35.1 Å². The van der Waals surface area contributed by atoms with Crippen LogP contribution in [0.25, 0.3) is 5.82 Å². The van der Waals surface area contributed by atoms with E-state index < -0.39 is 16.6 Å². The largest absolute Gasteiger partial charge is 0.347 e. The number of benzene rings is 1. The quantitative estimate of drug-likeness (QED) is 0.544. The molecule has 144 valence electrons. The molecular formula is C18H16F2N6O2. The van der Waals surface area contributed by atoms with Crippen molar-refractivity contribution in [2.75, 3.05) is 5.32 Å². The first-order chi connectivity index (χ1) is 13.3. The van der Waals surface area contributed by atoms with Crippen LogP contribution in [0.4, 0.5) is 20.4 Å². The van der Waals surface area contributed by atoms with E-state index in [1.54, 1.807) is 13.1 Å². The second-order valence-electron chi connectivity index (χ2n) is 6.61. The number of aromatic nitrogens is 4. The van der Waals surface area contributed by atoms with Gasteiger partial charge in [-0.25, -0.2) is 18.7 Å². The molecule has 0 spiro atoms. The maximum absolute atomic E-state index is 13.7. The molecule has 0 fully saturated rings. The van der Waals surface area contributed by atoms with Crippen LogP contribution in [-0.2, 0) is 6.42 Å². The van der Waals surface area contributed by atoms with Crippen molar-refractivity contribution in [3.63, 3.8) is 0 Å². The van der Waals surface area contributed by atoms with Crippen LogP contribution in [0.2, 0.25) is 0 Å². The van der Waals surface area contributed by atoms with Crippen molar-refractivity contribution in [3.05, 3.63) is 68.9 Å². The molecule has 2 aromatic heterocycles. The van der Waals surface area contributed by atoms with Crippen molar-refractivity contribution in [1.29, 1.82) is 0 Å². The van der Waals surface area contributed by atoms with Gasteiger partial charge in [0.25, 0.3) is 0 Å². The summed E-state index contributed by atoms with van der Waals surface area (Å²) in [5, 5.41) is 14.6. The summed E-state index contributed by atoms with van der Waals surface area (Å²) >= 11 is 0. The molecule has 2 heterocycles. The molecule has 4 rings (SSSR count). The molecule has 1 aromatic carbocycles. The molecule has 3 aromatic rings. The highest BCUT2D eigenvalue weighted by Crippen LogP contribution is 2.35. The molecule has 0 radical (unpaired) electrons. The normalized spacial score (nSPS) is 15.5. The lowest BCUT2D eigenvalue weighted by atomic mass is 10.1. The number of aryl methyl sites for hydroxylation is 3. The van der Waals surface area contributed by atoms with Gasteiger partial charge in [0.05, 0.1) is 11.0 Å². The Balaban J connectivity index is 1.75. The highest BCUT2D eigenvalue weighted by Gasteiger charge is 2.28. The van der Waals surface area contributed by atoms with Crippen molar-refractivity contribution in [2.24, 2.45) is 0 Å². The number of anilines is 1. The van der Waals surface area contributed by atoms with Crippen molar-refractivity contribution >= 4 is 11.6 Å². The Morgan fingerprint density at radius 2 is 2.00 bits per heavy atom. The molecule has 1 aliphatic carbocycles. The first-order valence-corrected chi connectivity index (χ1v) is 8.63. The van der Waals surface area contributed by atoms with Crippen molar-refractivity contribution in [3.8, 4) is 5.82 Å². The third-order valence-corrected chi connectivity index (χ3v) is 4.84. The maximum atomic E-state index is 13.7. The summed E-state index contributed by atoms with van der Waals surface area (Å²) in [6.07, 6.45) is 4.30. The molecule has 1 N–H and O–H groups in total. The van der Waals surface area contributed by atoms with Crippen LogP contribution in [-0.4, -0.2) is 24.4 Å². The van der Waals surface area contributed by atoms with Crippen molar-refractivity contribution in [2.45, 2.75) is 32.7 Å². The van der Waals surface area contributed by atoms with E-state index in [0.29, 0.717) is 24.2 Å². The van der Waals surface area contributed by atoms with Gasteiger partial charge in [0.1, 0.15) is 11.5 Å². The number of fused-ring (bicyclic) bond motifs is 1. The fraction of sp³-hybridized carbons (Fsp3) is 0.278. The number of nitrogens with zero attached hydrogens (tertiary/aromatic N) is 5. The van der Waals surface area contributed by atoms with Gasteiger partial charge < -0.3 is 5.32 Å². The summed E-state index contributed by atoms with van der Waals surface area (Å²) in [7, 11) is 0. The second-order valence-corrected chi connectivity index (χ2v) is 6.61. The van der Waals surface area contributed by atoms with E-state index in [-0.39, 0.29) is 29.2 Å². The fourth-order valence-electron chi connectivity index (χ4n) is 3.51. The molecule has 0 amide bonds. The van der Waals surface area contributed by atoms with Crippen LogP contribution in [0.3, 0.4) is 0 Å². The van der Waals surface area contributed by atoms with Crippen LogP contribution < -0.4 is 5.32 Å². The maximum Gasteiger partial charge on any atom is 0.333 e. The summed E-state index contributed by atoms with van der Waals surface area (Å²) in [6.45, 7) is 3.23.